The molecule has 0 aliphatic heterocycles. The summed E-state index contributed by atoms with van der Waals surface area (Å²) in [6.45, 7) is 5.29. The Bertz CT molecular complexity index is 1510. The van der Waals surface area contributed by atoms with E-state index in [0.29, 0.717) is 21.5 Å². The largest absolute Gasteiger partial charge is 0.332 e. The van der Waals surface area contributed by atoms with Crippen LogP contribution in [0.25, 0.3) is 10.2 Å². The Kier molecular flexibility index (Phi) is 6.11. The molecule has 0 saturated heterocycles. The van der Waals surface area contributed by atoms with Crippen LogP contribution in [0.1, 0.15) is 34.0 Å². The second kappa shape index (κ2) is 8.99. The number of rotatable bonds is 6. The number of carbonyl (C=O) groups is 2. The lowest BCUT2D eigenvalue weighted by atomic mass is 10.1. The van der Waals surface area contributed by atoms with E-state index >= 15 is 0 Å². The molecular formula is C25H23N3O4S. The fourth-order valence-corrected chi connectivity index (χ4v) is 4.51. The number of hydrogen-bond donors (Lipinski definition) is 1. The number of nitrogens with zero attached hydrogens (tertiary/aromatic N) is 2. The van der Waals surface area contributed by atoms with Crippen molar-refractivity contribution in [3.8, 4) is 0 Å². The molecule has 1 N–H and O–H groups in total. The lowest BCUT2D eigenvalue weighted by Gasteiger charge is -2.13. The summed E-state index contributed by atoms with van der Waals surface area (Å²) >= 11 is 1.24. The average molecular weight is 462 g/mol. The van der Waals surface area contributed by atoms with E-state index in [1.807, 2.05) is 32.0 Å². The Balaban J connectivity index is 1.69. The minimum atomic E-state index is -0.545. The lowest BCUT2D eigenvalue weighted by Crippen LogP contribution is -2.41. The molecule has 0 bridgehead atoms. The first-order valence-corrected chi connectivity index (χ1v) is 11.3. The number of ketones is 1. The number of benzene rings is 2. The van der Waals surface area contributed by atoms with Gasteiger partial charge in [-0.1, -0.05) is 30.3 Å². The molecule has 4 aromatic rings. The fraction of sp³-hybridized carbons (Fsp3) is 0.200. The van der Waals surface area contributed by atoms with Crippen molar-refractivity contribution in [1.29, 1.82) is 0 Å². The molecule has 2 aromatic heterocycles. The molecule has 7 nitrogen and oxygen atoms in total. The molecule has 0 saturated carbocycles. The van der Waals surface area contributed by atoms with Crippen molar-refractivity contribution in [1.82, 2.24) is 9.13 Å². The van der Waals surface area contributed by atoms with E-state index in [4.69, 9.17) is 0 Å². The van der Waals surface area contributed by atoms with Crippen LogP contribution in [0.15, 0.2) is 63.5 Å². The van der Waals surface area contributed by atoms with Gasteiger partial charge in [0.1, 0.15) is 11.2 Å². The smallest absolute Gasteiger partial charge is 0.325 e. The predicted octanol–water partition coefficient (Wildman–Crippen LogP) is 3.73. The molecule has 2 aromatic carbocycles. The van der Waals surface area contributed by atoms with Gasteiger partial charge in [-0.25, -0.2) is 4.79 Å². The standard InChI is InChI=1S/C25H23N3O4S/c1-15-7-8-18(11-16(15)2)13-28-24(31)23-21(9-10-33-23)27(25(28)32)14-22(30)26-20-6-4-5-19(12-20)17(3)29/h4-12H,13-14H2,1-3H3,(H,26,30). The summed E-state index contributed by atoms with van der Waals surface area (Å²) < 4.78 is 2.91. The van der Waals surface area contributed by atoms with Gasteiger partial charge in [0, 0.05) is 11.3 Å². The number of aromatic nitrogens is 2. The minimum absolute atomic E-state index is 0.110. The summed E-state index contributed by atoms with van der Waals surface area (Å²) in [5.41, 5.74) is 3.50. The minimum Gasteiger partial charge on any atom is -0.325 e. The van der Waals surface area contributed by atoms with Crippen LogP contribution in [0.4, 0.5) is 5.69 Å². The molecule has 0 aliphatic carbocycles. The Morgan fingerprint density at radius 2 is 1.76 bits per heavy atom. The zero-order valence-corrected chi connectivity index (χ0v) is 19.4. The summed E-state index contributed by atoms with van der Waals surface area (Å²) in [7, 11) is 0. The lowest BCUT2D eigenvalue weighted by molar-refractivity contribution is -0.116. The van der Waals surface area contributed by atoms with Crippen LogP contribution in [-0.4, -0.2) is 20.8 Å². The predicted molar refractivity (Wildman–Crippen MR) is 130 cm³/mol. The first-order chi connectivity index (χ1) is 15.7. The average Bonchev–Trinajstić information content (AvgIpc) is 3.27. The normalized spacial score (nSPS) is 11.0. The summed E-state index contributed by atoms with van der Waals surface area (Å²) in [4.78, 5) is 50.7. The van der Waals surface area contributed by atoms with Gasteiger partial charge in [-0.15, -0.1) is 11.3 Å². The van der Waals surface area contributed by atoms with Crippen LogP contribution in [0.5, 0.6) is 0 Å². The number of amides is 1. The van der Waals surface area contributed by atoms with Crippen molar-refractivity contribution in [2.75, 3.05) is 5.32 Å². The molecule has 0 atom stereocenters. The highest BCUT2D eigenvalue weighted by atomic mass is 32.1. The number of nitrogens with one attached hydrogen (secondary N) is 1. The maximum absolute atomic E-state index is 13.3. The number of anilines is 1. The number of fused-ring (bicyclic) bond motifs is 1. The van der Waals surface area contributed by atoms with Crippen molar-refractivity contribution < 1.29 is 9.59 Å². The zero-order valence-electron chi connectivity index (χ0n) is 18.5. The Morgan fingerprint density at radius 1 is 0.970 bits per heavy atom. The van der Waals surface area contributed by atoms with Gasteiger partial charge in [-0.2, -0.15) is 0 Å². The molecule has 8 heteroatoms. The van der Waals surface area contributed by atoms with Crippen molar-refractivity contribution >= 4 is 38.9 Å². The van der Waals surface area contributed by atoms with Crippen molar-refractivity contribution in [2.45, 2.75) is 33.9 Å². The van der Waals surface area contributed by atoms with Crippen LogP contribution in [0, 0.1) is 13.8 Å². The molecule has 0 fully saturated rings. The molecule has 33 heavy (non-hydrogen) atoms. The van der Waals surface area contributed by atoms with Crippen molar-refractivity contribution in [2.24, 2.45) is 0 Å². The van der Waals surface area contributed by atoms with Crippen LogP contribution in [0.3, 0.4) is 0 Å². The maximum Gasteiger partial charge on any atom is 0.332 e. The third-order valence-electron chi connectivity index (χ3n) is 5.60. The number of carbonyl (C=O) groups excluding carboxylic acids is 2. The van der Waals surface area contributed by atoms with Gasteiger partial charge in [0.05, 0.1) is 12.1 Å². The van der Waals surface area contributed by atoms with Crippen LogP contribution in [0.2, 0.25) is 0 Å². The van der Waals surface area contributed by atoms with E-state index in [0.717, 1.165) is 16.7 Å². The highest BCUT2D eigenvalue weighted by Crippen LogP contribution is 2.17. The van der Waals surface area contributed by atoms with E-state index in [2.05, 4.69) is 5.32 Å². The number of Topliss-reactive ketones (excluding diaryl/α,β-unsaturated/α-hetero) is 1. The van der Waals surface area contributed by atoms with Gasteiger partial charge in [0.15, 0.2) is 5.78 Å². The van der Waals surface area contributed by atoms with E-state index < -0.39 is 11.6 Å². The number of hydrogen-bond acceptors (Lipinski definition) is 5. The summed E-state index contributed by atoms with van der Waals surface area (Å²) in [5, 5.41) is 4.47. The molecular weight excluding hydrogens is 438 g/mol. The highest BCUT2D eigenvalue weighted by Gasteiger charge is 2.17. The van der Waals surface area contributed by atoms with Gasteiger partial charge >= 0.3 is 5.69 Å². The second-order valence-corrected chi connectivity index (χ2v) is 8.91. The van der Waals surface area contributed by atoms with Crippen LogP contribution >= 0.6 is 11.3 Å². The maximum atomic E-state index is 13.3. The van der Waals surface area contributed by atoms with Crippen LogP contribution < -0.4 is 16.6 Å². The number of aryl methyl sites for hydroxylation is 2. The van der Waals surface area contributed by atoms with Crippen LogP contribution in [-0.2, 0) is 17.9 Å². The molecule has 0 unspecified atom stereocenters. The first kappa shape index (κ1) is 22.4. The van der Waals surface area contributed by atoms with E-state index in [1.54, 1.807) is 35.7 Å². The second-order valence-electron chi connectivity index (χ2n) is 8.00. The topological polar surface area (TPSA) is 90.2 Å². The summed E-state index contributed by atoms with van der Waals surface area (Å²) in [6, 6.07) is 14.1. The Hall–Kier alpha value is -3.78. The third-order valence-corrected chi connectivity index (χ3v) is 6.49. The molecule has 0 spiro atoms. The summed E-state index contributed by atoms with van der Waals surface area (Å²) in [5.74, 6) is -0.539. The Morgan fingerprint density at radius 3 is 2.48 bits per heavy atom. The quantitative estimate of drug-likeness (QED) is 0.443. The molecule has 168 valence electrons. The van der Waals surface area contributed by atoms with Gasteiger partial charge in [0.25, 0.3) is 5.56 Å². The van der Waals surface area contributed by atoms with Crippen molar-refractivity contribution in [3.63, 3.8) is 0 Å². The first-order valence-electron chi connectivity index (χ1n) is 10.4. The number of thiophene rings is 1. The third kappa shape index (κ3) is 4.56. The van der Waals surface area contributed by atoms with E-state index in [9.17, 15) is 19.2 Å². The van der Waals surface area contributed by atoms with E-state index in [1.165, 1.54) is 27.4 Å². The molecule has 1 amide bonds. The molecule has 0 aliphatic rings. The molecule has 4 rings (SSSR count). The van der Waals surface area contributed by atoms with Gasteiger partial charge in [-0.3, -0.25) is 23.5 Å². The Labute approximate surface area is 193 Å². The van der Waals surface area contributed by atoms with Gasteiger partial charge in [-0.05, 0) is 61.0 Å². The zero-order chi connectivity index (χ0) is 23.7. The monoisotopic (exact) mass is 461 g/mol. The van der Waals surface area contributed by atoms with Gasteiger partial charge < -0.3 is 5.32 Å². The molecule has 0 radical (unpaired) electrons. The molecule has 2 heterocycles. The van der Waals surface area contributed by atoms with Crippen molar-refractivity contribution in [3.05, 3.63) is 97.0 Å². The SMILES string of the molecule is CC(=O)c1cccc(NC(=O)Cn2c(=O)n(Cc3ccc(C)c(C)c3)c(=O)c3sccc32)c1. The van der Waals surface area contributed by atoms with E-state index in [-0.39, 0.29) is 24.4 Å². The summed E-state index contributed by atoms with van der Waals surface area (Å²) in [6.07, 6.45) is 0. The highest BCUT2D eigenvalue weighted by molar-refractivity contribution is 7.17. The fourth-order valence-electron chi connectivity index (χ4n) is 3.67. The van der Waals surface area contributed by atoms with Gasteiger partial charge in [0.2, 0.25) is 5.91 Å².